The SMILES string of the molecule is CC.Cc1ccc(Nc2cncc3c2C(=O)N(CCCO)CC3)c(F)c1. The van der Waals surface area contributed by atoms with E-state index in [9.17, 15) is 9.18 Å². The minimum Gasteiger partial charge on any atom is -0.396 e. The number of aliphatic hydroxyl groups excluding tert-OH is 1. The van der Waals surface area contributed by atoms with Crippen molar-refractivity contribution in [3.8, 4) is 0 Å². The van der Waals surface area contributed by atoms with Gasteiger partial charge in [-0.25, -0.2) is 4.39 Å². The molecule has 1 amide bonds. The summed E-state index contributed by atoms with van der Waals surface area (Å²) in [4.78, 5) is 18.6. The molecule has 0 bridgehead atoms. The highest BCUT2D eigenvalue weighted by molar-refractivity contribution is 6.02. The third-order valence-corrected chi connectivity index (χ3v) is 4.16. The van der Waals surface area contributed by atoms with Crippen molar-refractivity contribution in [1.82, 2.24) is 9.88 Å². The number of hydrogen-bond donors (Lipinski definition) is 2. The summed E-state index contributed by atoms with van der Waals surface area (Å²) < 4.78 is 14.1. The smallest absolute Gasteiger partial charge is 0.256 e. The highest BCUT2D eigenvalue weighted by Crippen LogP contribution is 2.29. The summed E-state index contributed by atoms with van der Waals surface area (Å²) in [5.41, 5.74) is 3.05. The van der Waals surface area contributed by atoms with Crippen LogP contribution in [-0.4, -0.2) is 40.6 Å². The van der Waals surface area contributed by atoms with E-state index in [1.54, 1.807) is 23.4 Å². The lowest BCUT2D eigenvalue weighted by molar-refractivity contribution is 0.0730. The second kappa shape index (κ2) is 9.29. The lowest BCUT2D eigenvalue weighted by Crippen LogP contribution is -2.39. The molecule has 0 fully saturated rings. The molecule has 1 aliphatic rings. The van der Waals surface area contributed by atoms with Gasteiger partial charge in [-0.2, -0.15) is 0 Å². The molecule has 0 atom stereocenters. The zero-order chi connectivity index (χ0) is 19.1. The van der Waals surface area contributed by atoms with Crippen molar-refractivity contribution in [2.45, 2.75) is 33.6 Å². The zero-order valence-electron chi connectivity index (χ0n) is 15.6. The van der Waals surface area contributed by atoms with E-state index in [0.29, 0.717) is 42.9 Å². The molecule has 2 aromatic rings. The predicted molar refractivity (Wildman–Crippen MR) is 101 cm³/mol. The van der Waals surface area contributed by atoms with Crippen molar-refractivity contribution < 1.29 is 14.3 Å². The van der Waals surface area contributed by atoms with Crippen LogP contribution in [0.4, 0.5) is 15.8 Å². The topological polar surface area (TPSA) is 65.5 Å². The first kappa shape index (κ1) is 19.8. The minimum absolute atomic E-state index is 0.0483. The fourth-order valence-electron chi connectivity index (χ4n) is 2.90. The number of pyridine rings is 1. The molecule has 26 heavy (non-hydrogen) atoms. The van der Waals surface area contributed by atoms with E-state index in [4.69, 9.17) is 5.11 Å². The Morgan fingerprint density at radius 3 is 2.73 bits per heavy atom. The Kier molecular flexibility index (Phi) is 7.09. The van der Waals surface area contributed by atoms with E-state index in [0.717, 1.165) is 11.1 Å². The molecular formula is C20H26FN3O2. The van der Waals surface area contributed by atoms with Gasteiger partial charge >= 0.3 is 0 Å². The Balaban J connectivity index is 0.00000117. The van der Waals surface area contributed by atoms with Gasteiger partial charge in [0.05, 0.1) is 23.1 Å². The summed E-state index contributed by atoms with van der Waals surface area (Å²) in [5, 5.41) is 12.0. The van der Waals surface area contributed by atoms with Crippen LogP contribution in [0, 0.1) is 12.7 Å². The van der Waals surface area contributed by atoms with Gasteiger partial charge in [0.1, 0.15) is 5.82 Å². The lowest BCUT2D eigenvalue weighted by Gasteiger charge is -2.29. The van der Waals surface area contributed by atoms with Gasteiger partial charge in [0.25, 0.3) is 5.91 Å². The molecule has 2 heterocycles. The van der Waals surface area contributed by atoms with Crippen molar-refractivity contribution in [3.05, 3.63) is 53.1 Å². The largest absolute Gasteiger partial charge is 0.396 e. The van der Waals surface area contributed by atoms with Gasteiger partial charge in [-0.05, 0) is 43.0 Å². The normalized spacial score (nSPS) is 13.0. The van der Waals surface area contributed by atoms with Gasteiger partial charge in [0.2, 0.25) is 0 Å². The van der Waals surface area contributed by atoms with E-state index in [-0.39, 0.29) is 18.3 Å². The van der Waals surface area contributed by atoms with Gasteiger partial charge in [-0.3, -0.25) is 9.78 Å². The molecule has 2 N–H and O–H groups in total. The summed E-state index contributed by atoms with van der Waals surface area (Å²) in [5.74, 6) is -0.477. The first-order chi connectivity index (χ1) is 12.6. The number of halogens is 1. The Bertz CT molecular complexity index is 765. The Morgan fingerprint density at radius 1 is 1.27 bits per heavy atom. The fraction of sp³-hybridized carbons (Fsp3) is 0.400. The maximum absolute atomic E-state index is 14.1. The summed E-state index contributed by atoms with van der Waals surface area (Å²) in [7, 11) is 0. The highest BCUT2D eigenvalue weighted by atomic mass is 19.1. The number of carbonyl (C=O) groups is 1. The zero-order valence-corrected chi connectivity index (χ0v) is 15.6. The fourth-order valence-corrected chi connectivity index (χ4v) is 2.90. The molecule has 5 nitrogen and oxygen atoms in total. The number of carbonyl (C=O) groups excluding carboxylic acids is 1. The average Bonchev–Trinajstić information content (AvgIpc) is 2.65. The number of aromatic nitrogens is 1. The third kappa shape index (κ3) is 4.38. The van der Waals surface area contributed by atoms with Crippen molar-refractivity contribution in [2.75, 3.05) is 25.0 Å². The third-order valence-electron chi connectivity index (χ3n) is 4.16. The second-order valence-electron chi connectivity index (χ2n) is 5.95. The number of fused-ring (bicyclic) bond motifs is 1. The minimum atomic E-state index is -0.368. The van der Waals surface area contributed by atoms with Gasteiger partial charge in [-0.1, -0.05) is 19.9 Å². The molecule has 140 valence electrons. The summed E-state index contributed by atoms with van der Waals surface area (Å²) in [6.07, 6.45) is 4.48. The van der Waals surface area contributed by atoms with Crippen molar-refractivity contribution >= 4 is 17.3 Å². The number of aryl methyl sites for hydroxylation is 1. The van der Waals surface area contributed by atoms with Crippen LogP contribution in [0.5, 0.6) is 0 Å². The van der Waals surface area contributed by atoms with E-state index in [2.05, 4.69) is 10.3 Å². The standard InChI is InChI=1S/C18H20FN3O2.C2H6/c1-12-3-4-15(14(19)9-12)21-16-11-20-10-13-5-7-22(6-2-8-23)18(24)17(13)16;1-2/h3-4,9-11,21,23H,2,5-8H2,1H3;1-2H3. The van der Waals surface area contributed by atoms with Crippen LogP contribution in [0.25, 0.3) is 0 Å². The molecule has 0 saturated heterocycles. The number of anilines is 2. The maximum atomic E-state index is 14.1. The monoisotopic (exact) mass is 359 g/mol. The van der Waals surface area contributed by atoms with E-state index in [1.165, 1.54) is 6.07 Å². The highest BCUT2D eigenvalue weighted by Gasteiger charge is 2.27. The number of benzene rings is 1. The van der Waals surface area contributed by atoms with Crippen LogP contribution in [0.2, 0.25) is 0 Å². The first-order valence-corrected chi connectivity index (χ1v) is 9.00. The van der Waals surface area contributed by atoms with Crippen LogP contribution >= 0.6 is 0 Å². The Hall–Kier alpha value is -2.47. The number of rotatable bonds is 5. The van der Waals surface area contributed by atoms with Crippen LogP contribution in [0.15, 0.2) is 30.6 Å². The average molecular weight is 359 g/mol. The van der Waals surface area contributed by atoms with Crippen LogP contribution in [0.3, 0.4) is 0 Å². The summed E-state index contributed by atoms with van der Waals surface area (Å²) >= 11 is 0. The molecule has 1 aromatic heterocycles. The van der Waals surface area contributed by atoms with Crippen LogP contribution in [-0.2, 0) is 6.42 Å². The van der Waals surface area contributed by atoms with E-state index in [1.807, 2.05) is 26.8 Å². The number of aliphatic hydroxyl groups is 1. The Labute approximate surface area is 153 Å². The predicted octanol–water partition coefficient (Wildman–Crippen LogP) is 3.68. The number of nitrogens with one attached hydrogen (secondary N) is 1. The molecule has 0 unspecified atom stereocenters. The van der Waals surface area contributed by atoms with Crippen molar-refractivity contribution in [1.29, 1.82) is 0 Å². The number of amides is 1. The molecule has 0 aliphatic carbocycles. The van der Waals surface area contributed by atoms with Crippen LogP contribution in [0.1, 0.15) is 41.8 Å². The van der Waals surface area contributed by atoms with Gasteiger partial charge in [-0.15, -0.1) is 0 Å². The molecule has 6 heteroatoms. The molecule has 1 aromatic carbocycles. The summed E-state index contributed by atoms with van der Waals surface area (Å²) in [6, 6.07) is 4.91. The van der Waals surface area contributed by atoms with E-state index >= 15 is 0 Å². The lowest BCUT2D eigenvalue weighted by atomic mass is 9.99. The molecular weight excluding hydrogens is 333 g/mol. The van der Waals surface area contributed by atoms with Gasteiger partial charge in [0.15, 0.2) is 0 Å². The second-order valence-corrected chi connectivity index (χ2v) is 5.95. The molecule has 0 spiro atoms. The van der Waals surface area contributed by atoms with Crippen LogP contribution < -0.4 is 5.32 Å². The Morgan fingerprint density at radius 2 is 2.04 bits per heavy atom. The molecule has 0 saturated carbocycles. The number of hydrogen-bond acceptors (Lipinski definition) is 4. The van der Waals surface area contributed by atoms with Gasteiger partial charge in [0, 0.05) is 25.9 Å². The van der Waals surface area contributed by atoms with Crippen molar-refractivity contribution in [3.63, 3.8) is 0 Å². The van der Waals surface area contributed by atoms with Crippen molar-refractivity contribution in [2.24, 2.45) is 0 Å². The molecule has 3 rings (SSSR count). The quantitative estimate of drug-likeness (QED) is 0.855. The number of nitrogens with zero attached hydrogens (tertiary/aromatic N) is 2. The maximum Gasteiger partial charge on any atom is 0.256 e. The molecule has 0 radical (unpaired) electrons. The summed E-state index contributed by atoms with van der Waals surface area (Å²) in [6.45, 7) is 6.99. The molecule has 1 aliphatic heterocycles. The first-order valence-electron chi connectivity index (χ1n) is 9.00. The van der Waals surface area contributed by atoms with E-state index < -0.39 is 0 Å². The van der Waals surface area contributed by atoms with Gasteiger partial charge < -0.3 is 15.3 Å².